The van der Waals surface area contributed by atoms with Gasteiger partial charge >= 0.3 is 0 Å². The molecule has 1 aliphatic rings. The first-order chi connectivity index (χ1) is 10.7. The highest BCUT2D eigenvalue weighted by Gasteiger charge is 2.25. The highest BCUT2D eigenvalue weighted by Crippen LogP contribution is 2.33. The number of hydrogen-bond acceptors (Lipinski definition) is 2. The molecule has 0 bridgehead atoms. The lowest BCUT2D eigenvalue weighted by Gasteiger charge is -2.02. The van der Waals surface area contributed by atoms with Gasteiger partial charge in [-0.2, -0.15) is 5.10 Å². The fraction of sp³-hybridized carbons (Fsp3) is 0.412. The lowest BCUT2D eigenvalue weighted by Crippen LogP contribution is -2.02. The van der Waals surface area contributed by atoms with Crippen LogP contribution in [0.5, 0.6) is 0 Å². The monoisotopic (exact) mass is 298 g/mol. The van der Waals surface area contributed by atoms with E-state index in [0.717, 1.165) is 53.4 Å². The molecule has 1 N–H and O–H groups in total. The molecule has 0 radical (unpaired) electrons. The van der Waals surface area contributed by atoms with Gasteiger partial charge in [-0.25, -0.2) is 14.1 Å². The molecular weight excluding hydrogens is 279 g/mol. The molecule has 22 heavy (non-hydrogen) atoms. The first-order valence-electron chi connectivity index (χ1n) is 7.95. The van der Waals surface area contributed by atoms with Crippen LogP contribution in [-0.4, -0.2) is 19.7 Å². The molecule has 1 aromatic carbocycles. The smallest absolute Gasteiger partial charge is 0.160 e. The van der Waals surface area contributed by atoms with Gasteiger partial charge < -0.3 is 4.98 Å². The Bertz CT molecular complexity index is 813. The molecule has 2 aromatic heterocycles. The Morgan fingerprint density at radius 1 is 1.36 bits per heavy atom. The first-order valence-corrected chi connectivity index (χ1v) is 7.95. The van der Waals surface area contributed by atoms with Gasteiger partial charge in [0.2, 0.25) is 0 Å². The maximum Gasteiger partial charge on any atom is 0.160 e. The van der Waals surface area contributed by atoms with Crippen LogP contribution in [0, 0.1) is 11.7 Å². The molecule has 0 saturated heterocycles. The zero-order valence-corrected chi connectivity index (χ0v) is 12.6. The molecule has 114 valence electrons. The molecule has 5 heteroatoms. The van der Waals surface area contributed by atoms with E-state index in [2.05, 4.69) is 17.0 Å². The fourth-order valence-electron chi connectivity index (χ4n) is 2.91. The second kappa shape index (κ2) is 5.23. The molecule has 2 heterocycles. The number of hydrogen-bond donors (Lipinski definition) is 1. The molecule has 4 rings (SSSR count). The van der Waals surface area contributed by atoms with Gasteiger partial charge in [0.05, 0.1) is 0 Å². The summed E-state index contributed by atoms with van der Waals surface area (Å²) in [5.41, 5.74) is 1.79. The van der Waals surface area contributed by atoms with Gasteiger partial charge in [0, 0.05) is 35.6 Å². The van der Waals surface area contributed by atoms with Gasteiger partial charge in [0.15, 0.2) is 11.6 Å². The lowest BCUT2D eigenvalue weighted by atomic mass is 10.1. The largest absolute Gasteiger partial charge is 0.360 e. The van der Waals surface area contributed by atoms with E-state index in [1.807, 2.05) is 16.9 Å². The molecule has 0 unspecified atom stereocenters. The number of nitrogens with one attached hydrogen (secondary N) is 1. The number of benzene rings is 1. The summed E-state index contributed by atoms with van der Waals surface area (Å²) in [6, 6.07) is 4.82. The minimum Gasteiger partial charge on any atom is -0.360 e. The Kier molecular flexibility index (Phi) is 3.21. The zero-order chi connectivity index (χ0) is 15.1. The van der Waals surface area contributed by atoms with Crippen molar-refractivity contribution < 1.29 is 4.39 Å². The Morgan fingerprint density at radius 2 is 2.23 bits per heavy atom. The van der Waals surface area contributed by atoms with Crippen molar-refractivity contribution in [1.82, 2.24) is 19.7 Å². The van der Waals surface area contributed by atoms with Crippen LogP contribution in [0.25, 0.3) is 22.3 Å². The fourth-order valence-corrected chi connectivity index (χ4v) is 2.91. The topological polar surface area (TPSA) is 46.5 Å². The molecule has 0 spiro atoms. The van der Waals surface area contributed by atoms with Crippen LogP contribution < -0.4 is 0 Å². The van der Waals surface area contributed by atoms with Crippen LogP contribution >= 0.6 is 0 Å². The molecule has 1 saturated carbocycles. The molecular formula is C17H19FN4. The molecule has 0 atom stereocenters. The number of nitrogens with zero attached hydrogens (tertiary/aromatic N) is 3. The number of fused-ring (bicyclic) bond motifs is 1. The number of halogens is 1. The maximum atomic E-state index is 13.3. The molecule has 1 fully saturated rings. The summed E-state index contributed by atoms with van der Waals surface area (Å²) in [7, 11) is 0. The van der Waals surface area contributed by atoms with Crippen molar-refractivity contribution >= 4 is 10.9 Å². The van der Waals surface area contributed by atoms with E-state index in [-0.39, 0.29) is 5.82 Å². The van der Waals surface area contributed by atoms with Crippen LogP contribution in [0.15, 0.2) is 24.4 Å². The van der Waals surface area contributed by atoms with E-state index in [9.17, 15) is 4.39 Å². The SMILES string of the molecule is CCCn1nc(CC2CC2)nc1-c1c[nH]c2cc(F)ccc12. The van der Waals surface area contributed by atoms with Gasteiger partial charge in [-0.15, -0.1) is 0 Å². The van der Waals surface area contributed by atoms with Crippen LogP contribution in [0.4, 0.5) is 4.39 Å². The van der Waals surface area contributed by atoms with Crippen LogP contribution in [0.1, 0.15) is 32.0 Å². The van der Waals surface area contributed by atoms with Crippen molar-refractivity contribution in [1.29, 1.82) is 0 Å². The maximum absolute atomic E-state index is 13.3. The Labute approximate surface area is 128 Å². The van der Waals surface area contributed by atoms with Gasteiger partial charge in [-0.3, -0.25) is 0 Å². The Hall–Kier alpha value is -2.17. The van der Waals surface area contributed by atoms with Crippen LogP contribution in [0.3, 0.4) is 0 Å². The quantitative estimate of drug-likeness (QED) is 0.776. The summed E-state index contributed by atoms with van der Waals surface area (Å²) in [6.07, 6.45) is 6.48. The predicted octanol–water partition coefficient (Wildman–Crippen LogP) is 3.93. The van der Waals surface area contributed by atoms with Gasteiger partial charge in [0.25, 0.3) is 0 Å². The van der Waals surface area contributed by atoms with Crippen LogP contribution in [0.2, 0.25) is 0 Å². The molecule has 4 nitrogen and oxygen atoms in total. The summed E-state index contributed by atoms with van der Waals surface area (Å²) in [4.78, 5) is 7.90. The number of rotatable bonds is 5. The van der Waals surface area contributed by atoms with E-state index in [4.69, 9.17) is 4.98 Å². The Morgan fingerprint density at radius 3 is 3.00 bits per heavy atom. The molecule has 1 aliphatic carbocycles. The van der Waals surface area contributed by atoms with E-state index in [1.54, 1.807) is 0 Å². The van der Waals surface area contributed by atoms with Crippen molar-refractivity contribution in [2.24, 2.45) is 5.92 Å². The highest BCUT2D eigenvalue weighted by molar-refractivity contribution is 5.93. The van der Waals surface area contributed by atoms with Gasteiger partial charge in [-0.05, 0) is 43.4 Å². The summed E-state index contributed by atoms with van der Waals surface area (Å²) >= 11 is 0. The third kappa shape index (κ3) is 2.40. The average molecular weight is 298 g/mol. The van der Waals surface area contributed by atoms with Crippen molar-refractivity contribution in [3.63, 3.8) is 0 Å². The first kappa shape index (κ1) is 13.5. The second-order valence-electron chi connectivity index (χ2n) is 6.11. The summed E-state index contributed by atoms with van der Waals surface area (Å²) in [5.74, 6) is 2.35. The predicted molar refractivity (Wildman–Crippen MR) is 84.0 cm³/mol. The van der Waals surface area contributed by atoms with E-state index in [1.165, 1.54) is 25.0 Å². The van der Waals surface area contributed by atoms with Crippen molar-refractivity contribution in [3.8, 4) is 11.4 Å². The van der Waals surface area contributed by atoms with Crippen molar-refractivity contribution in [2.45, 2.75) is 39.2 Å². The van der Waals surface area contributed by atoms with Crippen molar-refractivity contribution in [3.05, 3.63) is 36.0 Å². The van der Waals surface area contributed by atoms with Crippen molar-refractivity contribution in [2.75, 3.05) is 0 Å². The summed E-state index contributed by atoms with van der Waals surface area (Å²) in [6.45, 7) is 2.98. The number of aromatic nitrogens is 4. The normalized spacial score (nSPS) is 14.8. The minimum absolute atomic E-state index is 0.231. The second-order valence-corrected chi connectivity index (χ2v) is 6.11. The average Bonchev–Trinajstić information content (AvgIpc) is 3.07. The zero-order valence-electron chi connectivity index (χ0n) is 12.6. The third-order valence-electron chi connectivity index (χ3n) is 4.20. The third-order valence-corrected chi connectivity index (χ3v) is 4.20. The Balaban J connectivity index is 1.79. The number of H-pyrrole nitrogens is 1. The molecule has 3 aromatic rings. The molecule has 0 amide bonds. The van der Waals surface area contributed by atoms with E-state index < -0.39 is 0 Å². The van der Waals surface area contributed by atoms with E-state index >= 15 is 0 Å². The number of aromatic amines is 1. The van der Waals surface area contributed by atoms with E-state index in [0.29, 0.717) is 0 Å². The molecule has 0 aliphatic heterocycles. The lowest BCUT2D eigenvalue weighted by molar-refractivity contribution is 0.596. The minimum atomic E-state index is -0.231. The summed E-state index contributed by atoms with van der Waals surface area (Å²) in [5, 5.41) is 5.67. The van der Waals surface area contributed by atoms with Gasteiger partial charge in [0.1, 0.15) is 5.82 Å². The standard InChI is InChI=1S/C17H19FN4/c1-2-7-22-17(20-16(21-22)8-11-3-4-11)14-10-19-15-9-12(18)5-6-13(14)15/h5-6,9-11,19H,2-4,7-8H2,1H3. The van der Waals surface area contributed by atoms with Gasteiger partial charge in [-0.1, -0.05) is 6.92 Å². The van der Waals surface area contributed by atoms with Crippen LogP contribution in [-0.2, 0) is 13.0 Å². The number of aryl methyl sites for hydroxylation is 1. The summed E-state index contributed by atoms with van der Waals surface area (Å²) < 4.78 is 15.3. The highest BCUT2D eigenvalue weighted by atomic mass is 19.1.